The van der Waals surface area contributed by atoms with Gasteiger partial charge in [0, 0.05) is 31.0 Å². The molecule has 0 bridgehead atoms. The fourth-order valence-electron chi connectivity index (χ4n) is 3.46. The molecule has 1 heterocycles. The molecule has 112 valence electrons. The van der Waals surface area contributed by atoms with Crippen LogP contribution in [0.5, 0.6) is 0 Å². The van der Waals surface area contributed by atoms with Gasteiger partial charge in [-0.1, -0.05) is 20.8 Å². The predicted octanol–water partition coefficient (Wildman–Crippen LogP) is 3.07. The lowest BCUT2D eigenvalue weighted by Gasteiger charge is -2.45. The first-order valence-corrected chi connectivity index (χ1v) is 7.86. The summed E-state index contributed by atoms with van der Waals surface area (Å²) in [6, 6.07) is 5.50. The fraction of sp³-hybridized carbons (Fsp3) is 0.706. The van der Waals surface area contributed by atoms with E-state index in [0.29, 0.717) is 17.5 Å². The molecular weight excluding hydrogens is 246 g/mol. The summed E-state index contributed by atoms with van der Waals surface area (Å²) in [6.07, 6.45) is 7.66. The van der Waals surface area contributed by atoms with Crippen LogP contribution in [-0.2, 0) is 6.54 Å². The maximum atomic E-state index is 4.11. The zero-order valence-electron chi connectivity index (χ0n) is 13.4. The summed E-state index contributed by atoms with van der Waals surface area (Å²) in [7, 11) is 2.11. The van der Waals surface area contributed by atoms with Crippen molar-refractivity contribution in [2.45, 2.75) is 58.7 Å². The van der Waals surface area contributed by atoms with E-state index in [1.165, 1.54) is 24.8 Å². The molecule has 3 heteroatoms. The highest BCUT2D eigenvalue weighted by Crippen LogP contribution is 2.37. The van der Waals surface area contributed by atoms with Gasteiger partial charge in [-0.05, 0) is 56.0 Å². The van der Waals surface area contributed by atoms with Crippen molar-refractivity contribution in [1.82, 2.24) is 15.2 Å². The van der Waals surface area contributed by atoms with Crippen molar-refractivity contribution in [3.05, 3.63) is 30.1 Å². The second kappa shape index (κ2) is 6.68. The lowest BCUT2D eigenvalue weighted by atomic mass is 9.72. The molecule has 0 aromatic carbocycles. The number of nitrogens with one attached hydrogen (secondary N) is 1. The van der Waals surface area contributed by atoms with Crippen molar-refractivity contribution in [2.24, 2.45) is 5.41 Å². The van der Waals surface area contributed by atoms with Gasteiger partial charge in [0.15, 0.2) is 0 Å². The van der Waals surface area contributed by atoms with E-state index in [4.69, 9.17) is 0 Å². The summed E-state index contributed by atoms with van der Waals surface area (Å²) in [5, 5.41) is 3.54. The second-order valence-electron chi connectivity index (χ2n) is 6.79. The van der Waals surface area contributed by atoms with Crippen LogP contribution in [0.15, 0.2) is 24.5 Å². The van der Waals surface area contributed by atoms with Crippen LogP contribution < -0.4 is 5.32 Å². The largest absolute Gasteiger partial charge is 0.315 e. The maximum absolute atomic E-state index is 4.11. The molecule has 1 aromatic heterocycles. The van der Waals surface area contributed by atoms with E-state index in [0.717, 1.165) is 13.1 Å². The average Bonchev–Trinajstić information content (AvgIpc) is 2.45. The van der Waals surface area contributed by atoms with Crippen LogP contribution in [0.1, 0.15) is 45.6 Å². The Labute approximate surface area is 123 Å². The van der Waals surface area contributed by atoms with Crippen LogP contribution in [0.3, 0.4) is 0 Å². The minimum absolute atomic E-state index is 0.462. The quantitative estimate of drug-likeness (QED) is 0.895. The molecule has 1 N–H and O–H groups in total. The number of rotatable bonds is 5. The Morgan fingerprint density at radius 1 is 1.35 bits per heavy atom. The highest BCUT2D eigenvalue weighted by atomic mass is 15.2. The fourth-order valence-corrected chi connectivity index (χ4v) is 3.46. The van der Waals surface area contributed by atoms with Crippen molar-refractivity contribution in [3.8, 4) is 0 Å². The summed E-state index contributed by atoms with van der Waals surface area (Å²) in [5.74, 6) is 0. The van der Waals surface area contributed by atoms with Crippen molar-refractivity contribution in [3.63, 3.8) is 0 Å². The number of hydrogen-bond donors (Lipinski definition) is 1. The SMILES string of the molecule is CCN(Cc1ccncc1)C1CC(C)(C)CCC1NC. The van der Waals surface area contributed by atoms with Crippen LogP contribution in [0.25, 0.3) is 0 Å². The number of pyridine rings is 1. The van der Waals surface area contributed by atoms with Gasteiger partial charge in [0.25, 0.3) is 0 Å². The number of nitrogens with zero attached hydrogens (tertiary/aromatic N) is 2. The standard InChI is InChI=1S/C17H29N3/c1-5-20(13-14-7-10-19-11-8-14)16-12-17(2,3)9-6-15(16)18-4/h7-8,10-11,15-16,18H,5-6,9,12-13H2,1-4H3. The van der Waals surface area contributed by atoms with E-state index in [-0.39, 0.29) is 0 Å². The summed E-state index contributed by atoms with van der Waals surface area (Å²) in [4.78, 5) is 6.74. The van der Waals surface area contributed by atoms with Crippen molar-refractivity contribution in [1.29, 1.82) is 0 Å². The van der Waals surface area contributed by atoms with E-state index in [9.17, 15) is 0 Å². The van der Waals surface area contributed by atoms with Gasteiger partial charge in [-0.2, -0.15) is 0 Å². The lowest BCUT2D eigenvalue weighted by molar-refractivity contribution is 0.0658. The minimum Gasteiger partial charge on any atom is -0.315 e. The topological polar surface area (TPSA) is 28.2 Å². The monoisotopic (exact) mass is 275 g/mol. The van der Waals surface area contributed by atoms with Gasteiger partial charge >= 0.3 is 0 Å². The van der Waals surface area contributed by atoms with Crippen LogP contribution in [0.4, 0.5) is 0 Å². The highest BCUT2D eigenvalue weighted by Gasteiger charge is 2.36. The highest BCUT2D eigenvalue weighted by molar-refractivity contribution is 5.10. The molecular formula is C17H29N3. The molecule has 1 aliphatic rings. The molecule has 0 saturated heterocycles. The maximum Gasteiger partial charge on any atom is 0.0271 e. The normalized spacial score (nSPS) is 25.9. The molecule has 2 rings (SSSR count). The van der Waals surface area contributed by atoms with E-state index >= 15 is 0 Å². The Hall–Kier alpha value is -0.930. The van der Waals surface area contributed by atoms with E-state index in [1.807, 2.05) is 12.4 Å². The van der Waals surface area contributed by atoms with Gasteiger partial charge in [-0.15, -0.1) is 0 Å². The van der Waals surface area contributed by atoms with Gasteiger partial charge in [0.05, 0.1) is 0 Å². The summed E-state index contributed by atoms with van der Waals surface area (Å²) in [5.41, 5.74) is 1.82. The third kappa shape index (κ3) is 3.80. The summed E-state index contributed by atoms with van der Waals surface area (Å²) < 4.78 is 0. The molecule has 1 fully saturated rings. The van der Waals surface area contributed by atoms with E-state index < -0.39 is 0 Å². The van der Waals surface area contributed by atoms with Crippen LogP contribution in [0, 0.1) is 5.41 Å². The zero-order valence-corrected chi connectivity index (χ0v) is 13.4. The first-order chi connectivity index (χ1) is 9.55. The molecule has 0 radical (unpaired) electrons. The third-order valence-electron chi connectivity index (χ3n) is 4.74. The Kier molecular flexibility index (Phi) is 5.17. The van der Waals surface area contributed by atoms with Gasteiger partial charge < -0.3 is 5.32 Å². The van der Waals surface area contributed by atoms with Gasteiger partial charge in [-0.3, -0.25) is 9.88 Å². The number of hydrogen-bond acceptors (Lipinski definition) is 3. The molecule has 20 heavy (non-hydrogen) atoms. The summed E-state index contributed by atoms with van der Waals surface area (Å²) >= 11 is 0. The van der Waals surface area contributed by atoms with Crippen molar-refractivity contribution in [2.75, 3.05) is 13.6 Å². The minimum atomic E-state index is 0.462. The molecule has 3 nitrogen and oxygen atoms in total. The molecule has 2 unspecified atom stereocenters. The molecule has 1 aromatic rings. The van der Waals surface area contributed by atoms with Gasteiger partial charge in [-0.25, -0.2) is 0 Å². The molecule has 0 amide bonds. The zero-order chi connectivity index (χ0) is 14.6. The lowest BCUT2D eigenvalue weighted by Crippen LogP contribution is -2.53. The smallest absolute Gasteiger partial charge is 0.0271 e. The Bertz CT molecular complexity index is 402. The van der Waals surface area contributed by atoms with Gasteiger partial charge in [0.2, 0.25) is 0 Å². The molecule has 0 aliphatic heterocycles. The van der Waals surface area contributed by atoms with Crippen molar-refractivity contribution >= 4 is 0 Å². The third-order valence-corrected chi connectivity index (χ3v) is 4.74. The molecule has 2 atom stereocenters. The second-order valence-corrected chi connectivity index (χ2v) is 6.79. The molecule has 0 spiro atoms. The number of likely N-dealkylation sites (N-methyl/N-ethyl adjacent to an activating group) is 2. The first kappa shape index (κ1) is 15.5. The van der Waals surface area contributed by atoms with Crippen LogP contribution >= 0.6 is 0 Å². The Balaban J connectivity index is 2.11. The first-order valence-electron chi connectivity index (χ1n) is 7.86. The summed E-state index contributed by atoms with van der Waals surface area (Å²) in [6.45, 7) is 9.22. The van der Waals surface area contributed by atoms with Gasteiger partial charge in [0.1, 0.15) is 0 Å². The number of aromatic nitrogens is 1. The Morgan fingerprint density at radius 3 is 2.65 bits per heavy atom. The Morgan fingerprint density at radius 2 is 2.05 bits per heavy atom. The predicted molar refractivity (Wildman–Crippen MR) is 84.6 cm³/mol. The molecule has 1 aliphatic carbocycles. The van der Waals surface area contributed by atoms with Crippen LogP contribution in [0.2, 0.25) is 0 Å². The van der Waals surface area contributed by atoms with E-state index in [2.05, 4.69) is 55.2 Å². The van der Waals surface area contributed by atoms with Crippen molar-refractivity contribution < 1.29 is 0 Å². The molecule has 1 saturated carbocycles. The van der Waals surface area contributed by atoms with Crippen LogP contribution in [-0.4, -0.2) is 35.6 Å². The average molecular weight is 275 g/mol. The van der Waals surface area contributed by atoms with E-state index in [1.54, 1.807) is 0 Å².